The lowest BCUT2D eigenvalue weighted by Crippen LogP contribution is -2.07. The average molecular weight is 220 g/mol. The number of aromatic nitrogens is 2. The molecule has 0 aliphatic rings. The van der Waals surface area contributed by atoms with Gasteiger partial charge in [0.25, 0.3) is 0 Å². The van der Waals surface area contributed by atoms with Gasteiger partial charge in [-0.25, -0.2) is 4.79 Å². The number of rotatable bonds is 3. The molecule has 0 radical (unpaired) electrons. The molecule has 84 valence electrons. The predicted octanol–water partition coefficient (Wildman–Crippen LogP) is 0.815. The summed E-state index contributed by atoms with van der Waals surface area (Å²) in [5.41, 5.74) is 1.10. The molecule has 16 heavy (non-hydrogen) atoms. The molecular weight excluding hydrogens is 208 g/mol. The third-order valence-electron chi connectivity index (χ3n) is 2.35. The smallest absolute Gasteiger partial charge is 0.359 e. The summed E-state index contributed by atoms with van der Waals surface area (Å²) in [7, 11) is 1.32. The molecule has 0 saturated carbocycles. The van der Waals surface area contributed by atoms with E-state index in [0.717, 1.165) is 10.9 Å². The highest BCUT2D eigenvalue weighted by Gasteiger charge is 2.16. The molecule has 0 spiro atoms. The van der Waals surface area contributed by atoms with E-state index in [1.54, 1.807) is 4.68 Å². The van der Waals surface area contributed by atoms with Crippen LogP contribution in [0, 0.1) is 0 Å². The molecule has 5 heteroatoms. The van der Waals surface area contributed by atoms with Crippen molar-refractivity contribution in [2.24, 2.45) is 0 Å². The number of fused-ring (bicyclic) bond motifs is 1. The van der Waals surface area contributed by atoms with Crippen molar-refractivity contribution in [2.45, 2.75) is 6.54 Å². The van der Waals surface area contributed by atoms with E-state index >= 15 is 0 Å². The minimum Gasteiger partial charge on any atom is -0.464 e. The van der Waals surface area contributed by atoms with Crippen molar-refractivity contribution >= 4 is 16.9 Å². The number of aliphatic hydroxyl groups is 1. The maximum atomic E-state index is 11.5. The lowest BCUT2D eigenvalue weighted by atomic mass is 10.2. The molecule has 1 aromatic carbocycles. The number of nitrogens with zero attached hydrogens (tertiary/aromatic N) is 2. The lowest BCUT2D eigenvalue weighted by molar-refractivity contribution is 0.0594. The zero-order valence-electron chi connectivity index (χ0n) is 8.88. The topological polar surface area (TPSA) is 64.3 Å². The summed E-state index contributed by atoms with van der Waals surface area (Å²) >= 11 is 0. The fraction of sp³-hybridized carbons (Fsp3) is 0.273. The molecule has 1 heterocycles. The van der Waals surface area contributed by atoms with E-state index in [2.05, 4.69) is 9.84 Å². The van der Waals surface area contributed by atoms with Gasteiger partial charge in [0.15, 0.2) is 5.69 Å². The van der Waals surface area contributed by atoms with Gasteiger partial charge in [0.2, 0.25) is 0 Å². The van der Waals surface area contributed by atoms with Crippen LogP contribution in [0.1, 0.15) is 10.5 Å². The number of hydrogen-bond donors (Lipinski definition) is 1. The van der Waals surface area contributed by atoms with Gasteiger partial charge < -0.3 is 9.84 Å². The summed E-state index contributed by atoms with van der Waals surface area (Å²) in [6, 6.07) is 7.35. The Hall–Kier alpha value is -1.88. The Kier molecular flexibility index (Phi) is 2.87. The predicted molar refractivity (Wildman–Crippen MR) is 58.2 cm³/mol. The Morgan fingerprint density at radius 3 is 2.94 bits per heavy atom. The molecule has 0 fully saturated rings. The van der Waals surface area contributed by atoms with Crippen molar-refractivity contribution < 1.29 is 14.6 Å². The van der Waals surface area contributed by atoms with Crippen LogP contribution in [0.3, 0.4) is 0 Å². The SMILES string of the molecule is COC(=O)c1nn(CCO)c2ccccc12. The van der Waals surface area contributed by atoms with Crippen molar-refractivity contribution in [3.63, 3.8) is 0 Å². The van der Waals surface area contributed by atoms with Gasteiger partial charge in [-0.1, -0.05) is 18.2 Å². The number of hydrogen-bond acceptors (Lipinski definition) is 4. The van der Waals surface area contributed by atoms with E-state index in [1.807, 2.05) is 24.3 Å². The van der Waals surface area contributed by atoms with Crippen molar-refractivity contribution in [2.75, 3.05) is 13.7 Å². The van der Waals surface area contributed by atoms with E-state index in [9.17, 15) is 4.79 Å². The molecule has 1 aromatic heterocycles. The van der Waals surface area contributed by atoms with Crippen molar-refractivity contribution in [1.82, 2.24) is 9.78 Å². The van der Waals surface area contributed by atoms with Crippen LogP contribution in [0.25, 0.3) is 10.9 Å². The first-order valence-electron chi connectivity index (χ1n) is 4.92. The number of ether oxygens (including phenoxy) is 1. The van der Waals surface area contributed by atoms with Gasteiger partial charge in [-0.3, -0.25) is 4.68 Å². The molecule has 0 saturated heterocycles. The van der Waals surface area contributed by atoms with Gasteiger partial charge in [0, 0.05) is 5.39 Å². The Bertz CT molecular complexity index is 519. The zero-order chi connectivity index (χ0) is 11.5. The van der Waals surface area contributed by atoms with E-state index in [-0.39, 0.29) is 12.3 Å². The first-order chi connectivity index (χ1) is 7.77. The standard InChI is InChI=1S/C11H12N2O3/c1-16-11(15)10-8-4-2-3-5-9(8)13(12-10)6-7-14/h2-5,14H,6-7H2,1H3. The Balaban J connectivity index is 2.61. The van der Waals surface area contributed by atoms with E-state index in [1.165, 1.54) is 7.11 Å². The third kappa shape index (κ3) is 1.65. The van der Waals surface area contributed by atoms with Gasteiger partial charge >= 0.3 is 5.97 Å². The highest BCUT2D eigenvalue weighted by Crippen LogP contribution is 2.18. The number of carbonyl (C=O) groups excluding carboxylic acids is 1. The minimum absolute atomic E-state index is 0.0215. The number of benzene rings is 1. The van der Waals surface area contributed by atoms with Crippen LogP contribution in [-0.4, -0.2) is 34.6 Å². The van der Waals surface area contributed by atoms with Crippen LogP contribution >= 0.6 is 0 Å². The van der Waals surface area contributed by atoms with Crippen LogP contribution in [0.4, 0.5) is 0 Å². The fourth-order valence-electron chi connectivity index (χ4n) is 1.64. The second-order valence-electron chi connectivity index (χ2n) is 3.30. The van der Waals surface area contributed by atoms with Crippen LogP contribution in [0.2, 0.25) is 0 Å². The molecule has 0 amide bonds. The quantitative estimate of drug-likeness (QED) is 0.777. The lowest BCUT2D eigenvalue weighted by Gasteiger charge is -1.98. The molecular formula is C11H12N2O3. The number of methoxy groups -OCH3 is 1. The molecule has 0 unspecified atom stereocenters. The number of carbonyl (C=O) groups is 1. The number of para-hydroxylation sites is 1. The van der Waals surface area contributed by atoms with E-state index < -0.39 is 5.97 Å². The Morgan fingerprint density at radius 2 is 2.25 bits per heavy atom. The van der Waals surface area contributed by atoms with Gasteiger partial charge in [-0.2, -0.15) is 5.10 Å². The van der Waals surface area contributed by atoms with Crippen LogP contribution in [0.15, 0.2) is 24.3 Å². The van der Waals surface area contributed by atoms with E-state index in [4.69, 9.17) is 5.11 Å². The highest BCUT2D eigenvalue weighted by molar-refractivity contribution is 6.02. The monoisotopic (exact) mass is 220 g/mol. The summed E-state index contributed by atoms with van der Waals surface area (Å²) in [5.74, 6) is -0.465. The summed E-state index contributed by atoms with van der Waals surface area (Å²) in [4.78, 5) is 11.5. The Morgan fingerprint density at radius 1 is 1.50 bits per heavy atom. The highest BCUT2D eigenvalue weighted by atomic mass is 16.5. The van der Waals surface area contributed by atoms with Crippen LogP contribution < -0.4 is 0 Å². The normalized spacial score (nSPS) is 10.6. The molecule has 0 atom stereocenters. The van der Waals surface area contributed by atoms with Crippen LogP contribution in [-0.2, 0) is 11.3 Å². The maximum Gasteiger partial charge on any atom is 0.359 e. The molecule has 2 aromatic rings. The van der Waals surface area contributed by atoms with Gasteiger partial charge in [0.05, 0.1) is 25.8 Å². The van der Waals surface area contributed by atoms with E-state index in [0.29, 0.717) is 6.54 Å². The first-order valence-corrected chi connectivity index (χ1v) is 4.92. The van der Waals surface area contributed by atoms with Gasteiger partial charge in [-0.15, -0.1) is 0 Å². The molecule has 2 rings (SSSR count). The van der Waals surface area contributed by atoms with Crippen molar-refractivity contribution in [3.8, 4) is 0 Å². The van der Waals surface area contributed by atoms with Gasteiger partial charge in [-0.05, 0) is 6.07 Å². The van der Waals surface area contributed by atoms with Gasteiger partial charge in [0.1, 0.15) is 0 Å². The molecule has 0 bridgehead atoms. The zero-order valence-corrected chi connectivity index (χ0v) is 8.88. The van der Waals surface area contributed by atoms with Crippen molar-refractivity contribution in [3.05, 3.63) is 30.0 Å². The maximum absolute atomic E-state index is 11.5. The van der Waals surface area contributed by atoms with Crippen LogP contribution in [0.5, 0.6) is 0 Å². The molecule has 0 aliphatic heterocycles. The molecule has 5 nitrogen and oxygen atoms in total. The Labute approximate surface area is 92.2 Å². The molecule has 0 aliphatic carbocycles. The van der Waals surface area contributed by atoms with Crippen molar-refractivity contribution in [1.29, 1.82) is 0 Å². The fourth-order valence-corrected chi connectivity index (χ4v) is 1.64. The number of aliphatic hydroxyl groups excluding tert-OH is 1. The largest absolute Gasteiger partial charge is 0.464 e. The third-order valence-corrected chi connectivity index (χ3v) is 2.35. The first kappa shape index (κ1) is 10.6. The number of esters is 1. The minimum atomic E-state index is -0.465. The molecule has 1 N–H and O–H groups in total. The summed E-state index contributed by atoms with van der Waals surface area (Å²) < 4.78 is 6.26. The average Bonchev–Trinajstić information content (AvgIpc) is 2.68. The summed E-state index contributed by atoms with van der Waals surface area (Å²) in [6.07, 6.45) is 0. The second-order valence-corrected chi connectivity index (χ2v) is 3.30. The second kappa shape index (κ2) is 4.32. The summed E-state index contributed by atoms with van der Waals surface area (Å²) in [5, 5.41) is 13.8. The summed E-state index contributed by atoms with van der Waals surface area (Å²) in [6.45, 7) is 0.337.